The molecule has 0 saturated carbocycles. The van der Waals surface area contributed by atoms with Crippen LogP contribution in [0.2, 0.25) is 0 Å². The molecule has 0 spiro atoms. The second-order valence-electron chi connectivity index (χ2n) is 4.08. The molecule has 1 aromatic carbocycles. The third kappa shape index (κ3) is 5.55. The number of rotatable bonds is 8. The minimum absolute atomic E-state index is 0.0960. The Morgan fingerprint density at radius 2 is 2.00 bits per heavy atom. The van der Waals surface area contributed by atoms with E-state index in [0.29, 0.717) is 0 Å². The van der Waals surface area contributed by atoms with Crippen LogP contribution < -0.4 is 5.32 Å². The van der Waals surface area contributed by atoms with Gasteiger partial charge in [-0.1, -0.05) is 30.3 Å². The van der Waals surface area contributed by atoms with Gasteiger partial charge in [0.2, 0.25) is 0 Å². The smallest absolute Gasteiger partial charge is 0.0819 e. The molecule has 1 rings (SSSR count). The highest BCUT2D eigenvalue weighted by molar-refractivity contribution is 7.98. The molecular formula is C13H21NO2S. The first-order valence-electron chi connectivity index (χ1n) is 5.80. The van der Waals surface area contributed by atoms with Crippen LogP contribution in [0.25, 0.3) is 0 Å². The van der Waals surface area contributed by atoms with Crippen LogP contribution in [0.1, 0.15) is 5.56 Å². The highest BCUT2D eigenvalue weighted by atomic mass is 32.2. The van der Waals surface area contributed by atoms with E-state index in [1.165, 1.54) is 5.56 Å². The maximum Gasteiger partial charge on any atom is 0.0819 e. The molecule has 1 aromatic rings. The summed E-state index contributed by atoms with van der Waals surface area (Å²) in [5.41, 5.74) is 1.23. The van der Waals surface area contributed by atoms with Gasteiger partial charge >= 0.3 is 0 Å². The van der Waals surface area contributed by atoms with E-state index in [1.807, 2.05) is 24.5 Å². The number of thioether (sulfide) groups is 1. The molecule has 3 nitrogen and oxygen atoms in total. The van der Waals surface area contributed by atoms with Crippen LogP contribution in [0.4, 0.5) is 0 Å². The molecule has 17 heavy (non-hydrogen) atoms. The van der Waals surface area contributed by atoms with Crippen molar-refractivity contribution < 1.29 is 10.2 Å². The molecule has 2 unspecified atom stereocenters. The topological polar surface area (TPSA) is 52.5 Å². The lowest BCUT2D eigenvalue weighted by atomic mass is 10.1. The van der Waals surface area contributed by atoms with E-state index in [9.17, 15) is 5.11 Å². The van der Waals surface area contributed by atoms with Gasteiger partial charge in [0.15, 0.2) is 0 Å². The van der Waals surface area contributed by atoms with Crippen LogP contribution in [0, 0.1) is 5.92 Å². The summed E-state index contributed by atoms with van der Waals surface area (Å²) in [6.45, 7) is 1.35. The molecule has 0 amide bonds. The first-order chi connectivity index (χ1) is 8.27. The average molecular weight is 255 g/mol. The predicted octanol–water partition coefficient (Wildman–Crippen LogP) is 1.11. The molecule has 0 aliphatic carbocycles. The maximum atomic E-state index is 9.64. The summed E-state index contributed by atoms with van der Waals surface area (Å²) in [6.07, 6.45) is 1.37. The fourth-order valence-electron chi connectivity index (χ4n) is 1.67. The molecule has 3 N–H and O–H groups in total. The zero-order valence-electron chi connectivity index (χ0n) is 10.2. The highest BCUT2D eigenvalue weighted by Crippen LogP contribution is 2.10. The fraction of sp³-hybridized carbons (Fsp3) is 0.538. The van der Waals surface area contributed by atoms with Crippen LogP contribution in [-0.4, -0.2) is 41.5 Å². The Balaban J connectivity index is 2.32. The standard InChI is InChI=1S/C13H21NO2S/c1-17-10-12(13(16)9-15)8-14-7-11-5-3-2-4-6-11/h2-6,12-16H,7-10H2,1H3. The summed E-state index contributed by atoms with van der Waals surface area (Å²) in [5, 5.41) is 21.9. The number of hydrogen-bond donors (Lipinski definition) is 3. The zero-order valence-corrected chi connectivity index (χ0v) is 11.0. The number of aliphatic hydroxyl groups is 2. The van der Waals surface area contributed by atoms with Crippen molar-refractivity contribution in [1.82, 2.24) is 5.32 Å². The van der Waals surface area contributed by atoms with Crippen LogP contribution >= 0.6 is 11.8 Å². The molecule has 96 valence electrons. The second kappa shape index (κ2) is 8.53. The molecule has 0 aromatic heterocycles. The van der Waals surface area contributed by atoms with Gasteiger partial charge in [0.25, 0.3) is 0 Å². The van der Waals surface area contributed by atoms with Crippen LogP contribution in [-0.2, 0) is 6.54 Å². The largest absolute Gasteiger partial charge is 0.394 e. The highest BCUT2D eigenvalue weighted by Gasteiger charge is 2.17. The van der Waals surface area contributed by atoms with E-state index >= 15 is 0 Å². The van der Waals surface area contributed by atoms with Gasteiger partial charge in [-0.15, -0.1) is 0 Å². The van der Waals surface area contributed by atoms with Crippen LogP contribution in [0.3, 0.4) is 0 Å². The van der Waals surface area contributed by atoms with E-state index < -0.39 is 6.10 Å². The molecule has 2 atom stereocenters. The van der Waals surface area contributed by atoms with Gasteiger partial charge in [-0.25, -0.2) is 0 Å². The van der Waals surface area contributed by atoms with Crippen LogP contribution in [0.5, 0.6) is 0 Å². The summed E-state index contributed by atoms with van der Waals surface area (Å²) in [7, 11) is 0. The van der Waals surface area contributed by atoms with E-state index in [2.05, 4.69) is 17.4 Å². The Kier molecular flexibility index (Phi) is 7.28. The number of benzene rings is 1. The van der Waals surface area contributed by atoms with Crippen LogP contribution in [0.15, 0.2) is 30.3 Å². The number of aliphatic hydroxyl groups excluding tert-OH is 2. The summed E-state index contributed by atoms with van der Waals surface area (Å²) < 4.78 is 0. The minimum atomic E-state index is -0.634. The molecule has 0 fully saturated rings. The van der Waals surface area contributed by atoms with Crippen molar-refractivity contribution in [2.24, 2.45) is 5.92 Å². The molecule has 0 bridgehead atoms. The molecule has 0 aliphatic heterocycles. The third-order valence-electron chi connectivity index (χ3n) is 2.69. The Morgan fingerprint density at radius 1 is 1.29 bits per heavy atom. The summed E-state index contributed by atoms with van der Waals surface area (Å²) in [6, 6.07) is 10.2. The van der Waals surface area contributed by atoms with Gasteiger partial charge < -0.3 is 15.5 Å². The normalized spacial score (nSPS) is 14.5. The molecule has 0 saturated heterocycles. The van der Waals surface area contributed by atoms with Crippen molar-refractivity contribution in [1.29, 1.82) is 0 Å². The zero-order chi connectivity index (χ0) is 12.5. The summed E-state index contributed by atoms with van der Waals surface area (Å²) >= 11 is 1.69. The lowest BCUT2D eigenvalue weighted by Crippen LogP contribution is -2.35. The monoisotopic (exact) mass is 255 g/mol. The van der Waals surface area contributed by atoms with Gasteiger partial charge in [-0.2, -0.15) is 11.8 Å². The van der Waals surface area contributed by atoms with E-state index in [1.54, 1.807) is 11.8 Å². The van der Waals surface area contributed by atoms with Crippen molar-refractivity contribution in [2.45, 2.75) is 12.6 Å². The minimum Gasteiger partial charge on any atom is -0.394 e. The maximum absolute atomic E-state index is 9.64. The molecule has 0 aliphatic rings. The molecular weight excluding hydrogens is 234 g/mol. The predicted molar refractivity (Wildman–Crippen MR) is 73.1 cm³/mol. The summed E-state index contributed by atoms with van der Waals surface area (Å²) in [5.74, 6) is 0.947. The lowest BCUT2D eigenvalue weighted by molar-refractivity contribution is 0.0549. The summed E-state index contributed by atoms with van der Waals surface area (Å²) in [4.78, 5) is 0. The lowest BCUT2D eigenvalue weighted by Gasteiger charge is -2.21. The van der Waals surface area contributed by atoms with E-state index in [-0.39, 0.29) is 12.5 Å². The molecule has 4 heteroatoms. The molecule has 0 heterocycles. The van der Waals surface area contributed by atoms with Crippen molar-refractivity contribution in [3.8, 4) is 0 Å². The quantitative estimate of drug-likeness (QED) is 0.651. The van der Waals surface area contributed by atoms with Crippen molar-refractivity contribution in [3.63, 3.8) is 0 Å². The van der Waals surface area contributed by atoms with Gasteiger partial charge in [-0.05, 0) is 17.6 Å². The SMILES string of the molecule is CSCC(CNCc1ccccc1)C(O)CO. The average Bonchev–Trinajstić information content (AvgIpc) is 2.38. The first kappa shape index (κ1) is 14.5. The third-order valence-corrected chi connectivity index (χ3v) is 3.45. The Morgan fingerprint density at radius 3 is 2.59 bits per heavy atom. The van der Waals surface area contributed by atoms with Crippen molar-refractivity contribution in [2.75, 3.05) is 25.2 Å². The van der Waals surface area contributed by atoms with Gasteiger partial charge in [0.05, 0.1) is 12.7 Å². The van der Waals surface area contributed by atoms with E-state index in [0.717, 1.165) is 18.8 Å². The molecule has 0 radical (unpaired) electrons. The van der Waals surface area contributed by atoms with Gasteiger partial charge in [0, 0.05) is 19.0 Å². The van der Waals surface area contributed by atoms with E-state index in [4.69, 9.17) is 5.11 Å². The number of nitrogens with one attached hydrogen (secondary N) is 1. The Bertz CT molecular complexity index is 295. The van der Waals surface area contributed by atoms with Gasteiger partial charge in [0.1, 0.15) is 0 Å². The van der Waals surface area contributed by atoms with Crippen molar-refractivity contribution >= 4 is 11.8 Å². The van der Waals surface area contributed by atoms with Gasteiger partial charge in [-0.3, -0.25) is 0 Å². The first-order valence-corrected chi connectivity index (χ1v) is 7.19. The second-order valence-corrected chi connectivity index (χ2v) is 4.99. The Hall–Kier alpha value is -0.550. The number of hydrogen-bond acceptors (Lipinski definition) is 4. The van der Waals surface area contributed by atoms with Crippen molar-refractivity contribution in [3.05, 3.63) is 35.9 Å². The fourth-order valence-corrected chi connectivity index (χ4v) is 2.44. The Labute approximate surface area is 107 Å².